The van der Waals surface area contributed by atoms with Gasteiger partial charge in [-0.1, -0.05) is 72.4 Å². The van der Waals surface area contributed by atoms with E-state index in [-0.39, 0.29) is 23.6 Å². The molecule has 1 aromatic heterocycles. The summed E-state index contributed by atoms with van der Waals surface area (Å²) in [5.41, 5.74) is 1.49. The predicted octanol–water partition coefficient (Wildman–Crippen LogP) is 4.56. The van der Waals surface area contributed by atoms with Crippen LogP contribution in [0.4, 0.5) is 10.1 Å². The van der Waals surface area contributed by atoms with Gasteiger partial charge >= 0.3 is 0 Å². The number of nitrogens with zero attached hydrogens (tertiary/aromatic N) is 3. The van der Waals surface area contributed by atoms with Crippen molar-refractivity contribution in [2.75, 3.05) is 11.1 Å². The molecule has 4 rings (SSSR count). The molecule has 0 saturated heterocycles. The number of carbonyl (C=O) groups is 2. The van der Waals surface area contributed by atoms with Crippen LogP contribution in [0.3, 0.4) is 0 Å². The van der Waals surface area contributed by atoms with Crippen molar-refractivity contribution in [3.63, 3.8) is 0 Å². The third kappa shape index (κ3) is 5.09. The molecular formula is C24H19FN4O2S. The minimum atomic E-state index is -0.513. The van der Waals surface area contributed by atoms with Crippen molar-refractivity contribution in [1.29, 1.82) is 0 Å². The Hall–Kier alpha value is -3.78. The Morgan fingerprint density at radius 3 is 2.25 bits per heavy atom. The first-order valence-electron chi connectivity index (χ1n) is 9.87. The third-order valence-corrected chi connectivity index (χ3v) is 5.54. The van der Waals surface area contributed by atoms with Crippen LogP contribution in [0.25, 0.3) is 5.69 Å². The summed E-state index contributed by atoms with van der Waals surface area (Å²) in [6, 6.07) is 24.3. The molecule has 1 heterocycles. The largest absolute Gasteiger partial charge is 0.323 e. The molecule has 32 heavy (non-hydrogen) atoms. The number of thioether (sulfide) groups is 1. The second-order valence-electron chi connectivity index (χ2n) is 6.85. The molecule has 0 unspecified atom stereocenters. The number of para-hydroxylation sites is 2. The van der Waals surface area contributed by atoms with Gasteiger partial charge in [-0.3, -0.25) is 14.2 Å². The first kappa shape index (κ1) is 21.5. The fourth-order valence-corrected chi connectivity index (χ4v) is 3.95. The van der Waals surface area contributed by atoms with Crippen LogP contribution in [0.2, 0.25) is 0 Å². The highest BCUT2D eigenvalue weighted by molar-refractivity contribution is 7.99. The molecule has 3 aromatic carbocycles. The highest BCUT2D eigenvalue weighted by Crippen LogP contribution is 2.23. The maximum absolute atomic E-state index is 13.9. The zero-order chi connectivity index (χ0) is 22.3. The summed E-state index contributed by atoms with van der Waals surface area (Å²) < 4.78 is 15.6. The minimum Gasteiger partial charge on any atom is -0.323 e. The Morgan fingerprint density at radius 1 is 0.875 bits per heavy atom. The second-order valence-corrected chi connectivity index (χ2v) is 7.79. The number of benzene rings is 3. The van der Waals surface area contributed by atoms with Gasteiger partial charge in [0.15, 0.2) is 10.9 Å². The molecule has 0 fully saturated rings. The highest BCUT2D eigenvalue weighted by Gasteiger charge is 2.19. The lowest BCUT2D eigenvalue weighted by molar-refractivity contribution is -0.115. The van der Waals surface area contributed by atoms with E-state index >= 15 is 0 Å². The van der Waals surface area contributed by atoms with Gasteiger partial charge in [-0.15, -0.1) is 10.2 Å². The number of amides is 1. The number of rotatable bonds is 8. The number of aromatic nitrogens is 3. The first-order chi connectivity index (χ1) is 15.6. The van der Waals surface area contributed by atoms with E-state index < -0.39 is 11.7 Å². The van der Waals surface area contributed by atoms with E-state index in [1.54, 1.807) is 28.8 Å². The van der Waals surface area contributed by atoms with Gasteiger partial charge in [-0.2, -0.15) is 0 Å². The zero-order valence-electron chi connectivity index (χ0n) is 16.9. The van der Waals surface area contributed by atoms with E-state index in [4.69, 9.17) is 0 Å². The predicted molar refractivity (Wildman–Crippen MR) is 122 cm³/mol. The van der Waals surface area contributed by atoms with Crippen LogP contribution in [0, 0.1) is 5.82 Å². The van der Waals surface area contributed by atoms with Gasteiger partial charge in [-0.25, -0.2) is 4.39 Å². The van der Waals surface area contributed by atoms with Crippen LogP contribution in [-0.4, -0.2) is 32.2 Å². The summed E-state index contributed by atoms with van der Waals surface area (Å²) in [5.74, 6) is -0.398. The number of nitrogens with one attached hydrogen (secondary N) is 1. The van der Waals surface area contributed by atoms with E-state index in [2.05, 4.69) is 15.5 Å². The summed E-state index contributed by atoms with van der Waals surface area (Å²) in [7, 11) is 0. The Balaban J connectivity index is 1.55. The summed E-state index contributed by atoms with van der Waals surface area (Å²) in [6.07, 6.45) is -0.108. The summed E-state index contributed by atoms with van der Waals surface area (Å²) >= 11 is 1.25. The molecule has 6 nitrogen and oxygen atoms in total. The van der Waals surface area contributed by atoms with Crippen molar-refractivity contribution in [2.45, 2.75) is 11.6 Å². The maximum atomic E-state index is 13.9. The van der Waals surface area contributed by atoms with E-state index in [1.807, 2.05) is 48.5 Å². The number of ketones is 1. The number of hydrogen-bond acceptors (Lipinski definition) is 5. The maximum Gasteiger partial charge on any atom is 0.232 e. The van der Waals surface area contributed by atoms with Crippen molar-refractivity contribution < 1.29 is 14.0 Å². The van der Waals surface area contributed by atoms with Crippen molar-refractivity contribution >= 4 is 29.1 Å². The van der Waals surface area contributed by atoms with Gasteiger partial charge in [0.25, 0.3) is 0 Å². The summed E-state index contributed by atoms with van der Waals surface area (Å²) in [4.78, 5) is 25.1. The Morgan fingerprint density at radius 2 is 1.53 bits per heavy atom. The third-order valence-electron chi connectivity index (χ3n) is 4.61. The molecule has 160 valence electrons. The van der Waals surface area contributed by atoms with Crippen molar-refractivity contribution in [2.24, 2.45) is 0 Å². The van der Waals surface area contributed by atoms with Crippen LogP contribution < -0.4 is 5.32 Å². The van der Waals surface area contributed by atoms with Crippen LogP contribution in [-0.2, 0) is 11.2 Å². The van der Waals surface area contributed by atoms with Gasteiger partial charge in [0.05, 0.1) is 17.9 Å². The van der Waals surface area contributed by atoms with E-state index in [0.29, 0.717) is 16.5 Å². The standard InChI is InChI=1S/C24H19FN4O2S/c25-19-13-7-8-14-20(19)26-23(31)15-22-27-28-24(29(22)18-11-5-2-6-12-18)32-16-21(30)17-9-3-1-4-10-17/h1-14H,15-16H2,(H,26,31). The SMILES string of the molecule is O=C(Cc1nnc(SCC(=O)c2ccccc2)n1-c1ccccc1)Nc1ccccc1F. The molecule has 8 heteroatoms. The van der Waals surface area contributed by atoms with Gasteiger partial charge in [0.2, 0.25) is 5.91 Å². The lowest BCUT2D eigenvalue weighted by Crippen LogP contribution is -2.18. The average Bonchev–Trinajstić information content (AvgIpc) is 3.22. The lowest BCUT2D eigenvalue weighted by atomic mass is 10.2. The fourth-order valence-electron chi connectivity index (χ4n) is 3.08. The summed E-state index contributed by atoms with van der Waals surface area (Å²) in [5, 5.41) is 11.4. The van der Waals surface area contributed by atoms with Gasteiger partial charge in [0.1, 0.15) is 11.6 Å². The Labute approximate surface area is 188 Å². The van der Waals surface area contributed by atoms with Crippen molar-refractivity contribution in [3.8, 4) is 5.69 Å². The topological polar surface area (TPSA) is 76.9 Å². The van der Waals surface area contributed by atoms with Crippen molar-refractivity contribution in [3.05, 3.63) is 102 Å². The molecule has 0 radical (unpaired) electrons. The molecule has 0 spiro atoms. The molecule has 1 N–H and O–H groups in total. The molecular weight excluding hydrogens is 427 g/mol. The zero-order valence-corrected chi connectivity index (χ0v) is 17.8. The normalized spacial score (nSPS) is 10.7. The Kier molecular flexibility index (Phi) is 6.72. The number of hydrogen-bond donors (Lipinski definition) is 1. The number of carbonyl (C=O) groups excluding carboxylic acids is 2. The van der Waals surface area contributed by atoms with Crippen LogP contribution in [0.15, 0.2) is 90.1 Å². The smallest absolute Gasteiger partial charge is 0.232 e. The quantitative estimate of drug-likeness (QED) is 0.317. The highest BCUT2D eigenvalue weighted by atomic mass is 32.2. The fraction of sp³-hybridized carbons (Fsp3) is 0.0833. The average molecular weight is 447 g/mol. The van der Waals surface area contributed by atoms with Gasteiger partial charge in [-0.05, 0) is 24.3 Å². The van der Waals surface area contributed by atoms with E-state index in [1.165, 1.54) is 23.9 Å². The van der Waals surface area contributed by atoms with Crippen LogP contribution >= 0.6 is 11.8 Å². The lowest BCUT2D eigenvalue weighted by Gasteiger charge is -2.10. The molecule has 4 aromatic rings. The minimum absolute atomic E-state index is 0.0305. The molecule has 0 aliphatic carbocycles. The van der Waals surface area contributed by atoms with E-state index in [0.717, 1.165) is 5.69 Å². The van der Waals surface area contributed by atoms with E-state index in [9.17, 15) is 14.0 Å². The molecule has 1 amide bonds. The number of halogens is 1. The number of Topliss-reactive ketones (excluding diaryl/α,β-unsaturated/α-hetero) is 1. The summed E-state index contributed by atoms with van der Waals surface area (Å²) in [6.45, 7) is 0. The number of anilines is 1. The molecule has 0 aliphatic heterocycles. The van der Waals surface area contributed by atoms with Crippen molar-refractivity contribution in [1.82, 2.24) is 14.8 Å². The van der Waals surface area contributed by atoms with Crippen LogP contribution in [0.1, 0.15) is 16.2 Å². The first-order valence-corrected chi connectivity index (χ1v) is 10.9. The second kappa shape index (κ2) is 10.0. The van der Waals surface area contributed by atoms with Gasteiger partial charge in [0, 0.05) is 11.3 Å². The van der Waals surface area contributed by atoms with Crippen LogP contribution in [0.5, 0.6) is 0 Å². The molecule has 0 atom stereocenters. The monoisotopic (exact) mass is 446 g/mol. The molecule has 0 aliphatic rings. The molecule has 0 bridgehead atoms. The molecule has 0 saturated carbocycles. The van der Waals surface area contributed by atoms with Gasteiger partial charge < -0.3 is 5.32 Å². The Bertz CT molecular complexity index is 1230.